The summed E-state index contributed by atoms with van der Waals surface area (Å²) < 4.78 is 54.0. The van der Waals surface area contributed by atoms with Crippen molar-refractivity contribution in [2.75, 3.05) is 6.54 Å². The molecule has 10 heteroatoms. The Kier molecular flexibility index (Phi) is 7.15. The molecule has 0 saturated heterocycles. The first kappa shape index (κ1) is 22.7. The molecule has 0 fully saturated rings. The molecule has 158 valence electrons. The molecule has 6 nitrogen and oxygen atoms in total. The minimum absolute atomic E-state index is 0.0395. The van der Waals surface area contributed by atoms with Crippen LogP contribution >= 0.6 is 23.2 Å². The standard InChI is InChI=1S/C20H18Cl2N2O4S2/c21-17-5-3-15(4-6-17)14-29(25,26)24-13-20(16-2-1-11-23-12-16)30(27,28)19-9-7-18(22)8-10-19/h1-12,20,24H,13-14H2/t20-/m0/s1. The van der Waals surface area contributed by atoms with Crippen LogP contribution in [0.15, 0.2) is 78.0 Å². The molecule has 0 spiro atoms. The lowest BCUT2D eigenvalue weighted by molar-refractivity contribution is 0.568. The molecule has 1 heterocycles. The van der Waals surface area contributed by atoms with E-state index >= 15 is 0 Å². The van der Waals surface area contributed by atoms with Gasteiger partial charge in [0.15, 0.2) is 9.84 Å². The number of hydrogen-bond acceptors (Lipinski definition) is 5. The first-order valence-corrected chi connectivity index (χ1v) is 12.7. The maximum atomic E-state index is 13.2. The molecule has 0 aliphatic rings. The number of benzene rings is 2. The predicted octanol–water partition coefficient (Wildman–Crippen LogP) is 4.02. The monoisotopic (exact) mass is 484 g/mol. The van der Waals surface area contributed by atoms with E-state index in [9.17, 15) is 16.8 Å². The van der Waals surface area contributed by atoms with Crippen LogP contribution in [-0.2, 0) is 25.6 Å². The second-order valence-electron chi connectivity index (χ2n) is 6.51. The molecule has 0 radical (unpaired) electrons. The predicted molar refractivity (Wildman–Crippen MR) is 118 cm³/mol. The molecule has 1 aromatic heterocycles. The summed E-state index contributed by atoms with van der Waals surface area (Å²) in [6.07, 6.45) is 2.92. The van der Waals surface area contributed by atoms with Crippen molar-refractivity contribution in [3.63, 3.8) is 0 Å². The van der Waals surface area contributed by atoms with E-state index in [2.05, 4.69) is 9.71 Å². The Bertz CT molecular complexity index is 1200. The second kappa shape index (κ2) is 9.45. The molecule has 2 aromatic carbocycles. The van der Waals surface area contributed by atoms with Gasteiger partial charge in [-0.15, -0.1) is 0 Å². The van der Waals surface area contributed by atoms with Crippen LogP contribution in [-0.4, -0.2) is 28.4 Å². The lowest BCUT2D eigenvalue weighted by atomic mass is 10.2. The van der Waals surface area contributed by atoms with Gasteiger partial charge in [0.25, 0.3) is 0 Å². The van der Waals surface area contributed by atoms with Gasteiger partial charge in [-0.2, -0.15) is 0 Å². The van der Waals surface area contributed by atoms with Crippen LogP contribution in [0.4, 0.5) is 0 Å². The van der Waals surface area contributed by atoms with Crippen molar-refractivity contribution in [2.45, 2.75) is 15.9 Å². The quantitative estimate of drug-likeness (QED) is 0.520. The minimum Gasteiger partial charge on any atom is -0.264 e. The highest BCUT2D eigenvalue weighted by Crippen LogP contribution is 2.29. The summed E-state index contributed by atoms with van der Waals surface area (Å²) in [5.41, 5.74) is 0.909. The van der Waals surface area contributed by atoms with Crippen molar-refractivity contribution in [1.29, 1.82) is 0 Å². The fourth-order valence-corrected chi connectivity index (χ4v) is 5.97. The number of nitrogens with zero attached hydrogens (tertiary/aromatic N) is 1. The number of sulfone groups is 1. The van der Waals surface area contributed by atoms with Gasteiger partial charge in [0, 0.05) is 29.0 Å². The van der Waals surface area contributed by atoms with Gasteiger partial charge in [0.2, 0.25) is 10.0 Å². The van der Waals surface area contributed by atoms with Gasteiger partial charge >= 0.3 is 0 Å². The zero-order valence-corrected chi connectivity index (χ0v) is 18.7. The van der Waals surface area contributed by atoms with Gasteiger partial charge in [-0.1, -0.05) is 41.4 Å². The maximum Gasteiger partial charge on any atom is 0.215 e. The molecule has 0 amide bonds. The lowest BCUT2D eigenvalue weighted by Gasteiger charge is -2.19. The molecular formula is C20H18Cl2N2O4S2. The Hall–Kier alpha value is -1.97. The average Bonchev–Trinajstić information content (AvgIpc) is 2.70. The van der Waals surface area contributed by atoms with Crippen molar-refractivity contribution in [1.82, 2.24) is 9.71 Å². The zero-order valence-electron chi connectivity index (χ0n) is 15.6. The summed E-state index contributed by atoms with van der Waals surface area (Å²) in [6.45, 7) is -0.341. The van der Waals surface area contributed by atoms with Crippen molar-refractivity contribution in [3.05, 3.63) is 94.2 Å². The summed E-state index contributed by atoms with van der Waals surface area (Å²) in [5.74, 6) is -0.301. The highest BCUT2D eigenvalue weighted by molar-refractivity contribution is 7.92. The Morgan fingerprint density at radius 3 is 2.03 bits per heavy atom. The van der Waals surface area contributed by atoms with Crippen LogP contribution in [0.5, 0.6) is 0 Å². The van der Waals surface area contributed by atoms with E-state index in [1.807, 2.05) is 0 Å². The molecule has 0 aliphatic heterocycles. The zero-order chi connectivity index (χ0) is 21.8. The highest BCUT2D eigenvalue weighted by Gasteiger charge is 2.30. The maximum absolute atomic E-state index is 13.2. The number of nitrogens with one attached hydrogen (secondary N) is 1. The second-order valence-corrected chi connectivity index (χ2v) is 11.3. The smallest absolute Gasteiger partial charge is 0.215 e. The highest BCUT2D eigenvalue weighted by atomic mass is 35.5. The molecule has 0 saturated carbocycles. The van der Waals surface area contributed by atoms with Crippen molar-refractivity contribution in [3.8, 4) is 0 Å². The molecule has 0 bridgehead atoms. The lowest BCUT2D eigenvalue weighted by Crippen LogP contribution is -2.32. The molecule has 1 atom stereocenters. The van der Waals surface area contributed by atoms with Crippen molar-refractivity contribution in [2.24, 2.45) is 0 Å². The Morgan fingerprint density at radius 1 is 0.867 bits per heavy atom. The summed E-state index contributed by atoms with van der Waals surface area (Å²) in [6, 6.07) is 15.3. The number of halogens is 2. The van der Waals surface area contributed by atoms with E-state index in [4.69, 9.17) is 23.2 Å². The van der Waals surface area contributed by atoms with E-state index in [-0.39, 0.29) is 17.2 Å². The number of hydrogen-bond donors (Lipinski definition) is 1. The van der Waals surface area contributed by atoms with Crippen LogP contribution in [0.2, 0.25) is 10.0 Å². The third-order valence-electron chi connectivity index (χ3n) is 4.33. The fraction of sp³-hybridized carbons (Fsp3) is 0.150. The summed E-state index contributed by atoms with van der Waals surface area (Å²) in [5, 5.41) is -0.266. The molecule has 0 aliphatic carbocycles. The van der Waals surface area contributed by atoms with E-state index in [1.54, 1.807) is 36.4 Å². The Labute approximate surface area is 185 Å². The average molecular weight is 485 g/mol. The van der Waals surface area contributed by atoms with Crippen molar-refractivity contribution >= 4 is 43.1 Å². The van der Waals surface area contributed by atoms with Crippen LogP contribution in [0.1, 0.15) is 16.4 Å². The number of rotatable bonds is 8. The largest absolute Gasteiger partial charge is 0.264 e. The third kappa shape index (κ3) is 5.80. The van der Waals surface area contributed by atoms with Gasteiger partial charge in [-0.25, -0.2) is 21.6 Å². The number of sulfonamides is 1. The molecule has 1 N–H and O–H groups in total. The molecule has 0 unspecified atom stereocenters. The SMILES string of the molecule is O=S(=O)(Cc1ccc(Cl)cc1)NC[C@@H](c1cccnc1)S(=O)(=O)c1ccc(Cl)cc1. The van der Waals surface area contributed by atoms with E-state index in [0.717, 1.165) is 0 Å². The minimum atomic E-state index is -3.91. The molecule has 3 rings (SSSR count). The Morgan fingerprint density at radius 2 is 1.47 bits per heavy atom. The molecule has 3 aromatic rings. The van der Waals surface area contributed by atoms with E-state index in [0.29, 0.717) is 21.2 Å². The summed E-state index contributed by atoms with van der Waals surface area (Å²) in [4.78, 5) is 4.01. The third-order valence-corrected chi connectivity index (χ3v) is 8.27. The molecular weight excluding hydrogens is 467 g/mol. The van der Waals surface area contributed by atoms with Crippen molar-refractivity contribution < 1.29 is 16.8 Å². The van der Waals surface area contributed by atoms with Crippen LogP contribution in [0.3, 0.4) is 0 Å². The van der Waals surface area contributed by atoms with Crippen LogP contribution in [0, 0.1) is 0 Å². The van der Waals surface area contributed by atoms with Crippen LogP contribution in [0.25, 0.3) is 0 Å². The summed E-state index contributed by atoms with van der Waals surface area (Å²) >= 11 is 11.7. The van der Waals surface area contributed by atoms with Gasteiger partial charge in [0.05, 0.1) is 10.6 Å². The molecule has 30 heavy (non-hydrogen) atoms. The van der Waals surface area contributed by atoms with Gasteiger partial charge in [0.1, 0.15) is 5.25 Å². The van der Waals surface area contributed by atoms with Gasteiger partial charge in [-0.05, 0) is 53.6 Å². The normalized spacial score (nSPS) is 13.1. The fourth-order valence-electron chi connectivity index (χ4n) is 2.82. The Balaban J connectivity index is 1.86. The van der Waals surface area contributed by atoms with Gasteiger partial charge in [-0.3, -0.25) is 4.98 Å². The first-order chi connectivity index (χ1) is 14.2. The van der Waals surface area contributed by atoms with Gasteiger partial charge < -0.3 is 0 Å². The number of pyridine rings is 1. The number of aromatic nitrogens is 1. The first-order valence-electron chi connectivity index (χ1n) is 8.78. The topological polar surface area (TPSA) is 93.2 Å². The van der Waals surface area contributed by atoms with E-state index in [1.165, 1.54) is 36.7 Å². The van der Waals surface area contributed by atoms with Crippen LogP contribution < -0.4 is 4.72 Å². The summed E-state index contributed by atoms with van der Waals surface area (Å²) in [7, 11) is -7.71. The van der Waals surface area contributed by atoms with E-state index < -0.39 is 25.1 Å².